The number of pyridine rings is 1. The molecule has 0 aliphatic carbocycles. The van der Waals surface area contributed by atoms with E-state index in [-0.39, 0.29) is 11.7 Å². The summed E-state index contributed by atoms with van der Waals surface area (Å²) in [6.45, 7) is 1.54. The van der Waals surface area contributed by atoms with Gasteiger partial charge in [0.2, 0.25) is 5.91 Å². The Kier molecular flexibility index (Phi) is 5.20. The Balaban J connectivity index is 1.58. The summed E-state index contributed by atoms with van der Waals surface area (Å²) in [6, 6.07) is 14.7. The topological polar surface area (TPSA) is 71.1 Å². The third-order valence-corrected chi connectivity index (χ3v) is 4.40. The van der Waals surface area contributed by atoms with Crippen LogP contribution in [0.15, 0.2) is 60.1 Å². The van der Waals surface area contributed by atoms with Crippen LogP contribution in [0.1, 0.15) is 22.2 Å². The van der Waals surface area contributed by atoms with Gasteiger partial charge in [-0.2, -0.15) is 0 Å². The summed E-state index contributed by atoms with van der Waals surface area (Å²) in [5, 5.41) is 7.93. The third-order valence-electron chi connectivity index (χ3n) is 3.53. The molecule has 0 radical (unpaired) electrons. The van der Waals surface area contributed by atoms with E-state index in [2.05, 4.69) is 15.6 Å². The van der Waals surface area contributed by atoms with E-state index < -0.39 is 0 Å². The number of nitrogens with zero attached hydrogens (tertiary/aromatic N) is 1. The van der Waals surface area contributed by atoms with Crippen molar-refractivity contribution in [3.63, 3.8) is 0 Å². The highest BCUT2D eigenvalue weighted by molar-refractivity contribution is 7.10. The molecule has 0 fully saturated rings. The number of ketones is 1. The van der Waals surface area contributed by atoms with Crippen LogP contribution in [0, 0.1) is 0 Å². The van der Waals surface area contributed by atoms with Crippen molar-refractivity contribution in [2.45, 2.75) is 13.3 Å². The summed E-state index contributed by atoms with van der Waals surface area (Å²) >= 11 is 1.56. The number of anilines is 3. The molecular formula is C19H17N3O2S. The molecule has 0 aliphatic rings. The minimum absolute atomic E-state index is 0.0378. The molecule has 6 heteroatoms. The van der Waals surface area contributed by atoms with Crippen molar-refractivity contribution in [3.05, 3.63) is 70.5 Å². The quantitative estimate of drug-likeness (QED) is 0.651. The summed E-state index contributed by atoms with van der Waals surface area (Å²) in [5.41, 5.74) is 2.33. The molecule has 3 aromatic rings. The predicted molar refractivity (Wildman–Crippen MR) is 101 cm³/mol. The molecule has 1 aromatic carbocycles. The molecule has 2 N–H and O–H groups in total. The van der Waals surface area contributed by atoms with Gasteiger partial charge in [0.25, 0.3) is 0 Å². The van der Waals surface area contributed by atoms with Crippen molar-refractivity contribution in [1.29, 1.82) is 0 Å². The number of amides is 1. The van der Waals surface area contributed by atoms with Crippen molar-refractivity contribution in [3.8, 4) is 0 Å². The average molecular weight is 351 g/mol. The van der Waals surface area contributed by atoms with E-state index in [1.165, 1.54) is 6.92 Å². The number of rotatable bonds is 6. The Morgan fingerprint density at radius 1 is 1.04 bits per heavy atom. The molecule has 126 valence electrons. The van der Waals surface area contributed by atoms with Gasteiger partial charge in [0.1, 0.15) is 5.82 Å². The van der Waals surface area contributed by atoms with Gasteiger partial charge >= 0.3 is 0 Å². The lowest BCUT2D eigenvalue weighted by molar-refractivity contribution is -0.115. The molecular weight excluding hydrogens is 334 g/mol. The summed E-state index contributed by atoms with van der Waals surface area (Å²) in [4.78, 5) is 28.5. The van der Waals surface area contributed by atoms with Crippen molar-refractivity contribution in [2.24, 2.45) is 0 Å². The number of hydrogen-bond acceptors (Lipinski definition) is 5. The van der Waals surface area contributed by atoms with Gasteiger partial charge in [0, 0.05) is 16.1 Å². The van der Waals surface area contributed by atoms with Crippen LogP contribution < -0.4 is 10.6 Å². The van der Waals surface area contributed by atoms with Gasteiger partial charge in [-0.05, 0) is 54.8 Å². The highest BCUT2D eigenvalue weighted by Crippen LogP contribution is 2.18. The lowest BCUT2D eigenvalue weighted by Gasteiger charge is -2.08. The fourth-order valence-electron chi connectivity index (χ4n) is 2.26. The van der Waals surface area contributed by atoms with E-state index in [1.54, 1.807) is 35.7 Å². The number of benzene rings is 1. The van der Waals surface area contributed by atoms with E-state index >= 15 is 0 Å². The fraction of sp³-hybridized carbons (Fsp3) is 0.105. The van der Waals surface area contributed by atoms with Gasteiger partial charge in [0.05, 0.1) is 18.3 Å². The average Bonchev–Trinajstić information content (AvgIpc) is 3.10. The van der Waals surface area contributed by atoms with Gasteiger partial charge < -0.3 is 10.6 Å². The molecule has 0 saturated heterocycles. The number of hydrogen-bond donors (Lipinski definition) is 2. The van der Waals surface area contributed by atoms with Crippen molar-refractivity contribution < 1.29 is 9.59 Å². The summed E-state index contributed by atoms with van der Waals surface area (Å²) in [6.07, 6.45) is 2.00. The lowest BCUT2D eigenvalue weighted by atomic mass is 10.1. The van der Waals surface area contributed by atoms with E-state index in [0.29, 0.717) is 17.8 Å². The summed E-state index contributed by atoms with van der Waals surface area (Å²) in [7, 11) is 0. The molecule has 0 spiro atoms. The second-order valence-electron chi connectivity index (χ2n) is 5.49. The summed E-state index contributed by atoms with van der Waals surface area (Å²) in [5.74, 6) is 0.463. The third kappa shape index (κ3) is 4.74. The second-order valence-corrected chi connectivity index (χ2v) is 6.53. The molecule has 2 heterocycles. The first kappa shape index (κ1) is 16.9. The van der Waals surface area contributed by atoms with Gasteiger partial charge in [-0.25, -0.2) is 4.98 Å². The van der Waals surface area contributed by atoms with Crippen molar-refractivity contribution in [1.82, 2.24) is 4.98 Å². The van der Waals surface area contributed by atoms with Crippen LogP contribution in [-0.2, 0) is 11.2 Å². The first-order valence-electron chi connectivity index (χ1n) is 7.76. The van der Waals surface area contributed by atoms with Crippen LogP contribution in [0.2, 0.25) is 0 Å². The number of nitrogens with one attached hydrogen (secondary N) is 2. The number of carbonyl (C=O) groups is 2. The van der Waals surface area contributed by atoms with Crippen LogP contribution in [0.4, 0.5) is 17.2 Å². The lowest BCUT2D eigenvalue weighted by Crippen LogP contribution is -2.14. The van der Waals surface area contributed by atoms with Crippen molar-refractivity contribution in [2.75, 3.05) is 10.6 Å². The monoisotopic (exact) mass is 351 g/mol. The van der Waals surface area contributed by atoms with Gasteiger partial charge in [-0.3, -0.25) is 9.59 Å². The first-order chi connectivity index (χ1) is 12.1. The molecule has 0 saturated carbocycles. The van der Waals surface area contributed by atoms with E-state index in [1.807, 2.05) is 35.7 Å². The van der Waals surface area contributed by atoms with Gasteiger partial charge in [-0.1, -0.05) is 6.07 Å². The van der Waals surface area contributed by atoms with Crippen LogP contribution in [-0.4, -0.2) is 16.7 Å². The van der Waals surface area contributed by atoms with Gasteiger partial charge in [-0.15, -0.1) is 11.3 Å². The maximum atomic E-state index is 12.0. The zero-order valence-corrected chi connectivity index (χ0v) is 14.5. The normalized spacial score (nSPS) is 10.3. The Labute approximate surface area is 149 Å². The Hall–Kier alpha value is -2.99. The molecule has 1 amide bonds. The Morgan fingerprint density at radius 3 is 2.40 bits per heavy atom. The van der Waals surface area contributed by atoms with E-state index in [0.717, 1.165) is 16.3 Å². The van der Waals surface area contributed by atoms with Crippen LogP contribution in [0.5, 0.6) is 0 Å². The molecule has 0 bridgehead atoms. The first-order valence-corrected chi connectivity index (χ1v) is 8.64. The second kappa shape index (κ2) is 7.72. The molecule has 2 aromatic heterocycles. The van der Waals surface area contributed by atoms with E-state index in [4.69, 9.17) is 0 Å². The fourth-order valence-corrected chi connectivity index (χ4v) is 2.96. The van der Waals surface area contributed by atoms with Crippen LogP contribution in [0.3, 0.4) is 0 Å². The minimum Gasteiger partial charge on any atom is -0.354 e. The summed E-state index contributed by atoms with van der Waals surface area (Å²) < 4.78 is 0. The molecule has 5 nitrogen and oxygen atoms in total. The highest BCUT2D eigenvalue weighted by atomic mass is 32.1. The van der Waals surface area contributed by atoms with Crippen LogP contribution >= 0.6 is 11.3 Å². The standard InChI is InChI=1S/C19H17N3O2S/c1-13(23)14-4-6-15(7-5-14)21-16-8-9-18(20-12-16)22-19(24)11-17-3-2-10-25-17/h2-10,12,21H,11H2,1H3,(H,20,22,24). The molecule has 0 unspecified atom stereocenters. The maximum absolute atomic E-state index is 12.0. The minimum atomic E-state index is -0.0875. The number of carbonyl (C=O) groups excluding carboxylic acids is 2. The Morgan fingerprint density at radius 2 is 1.80 bits per heavy atom. The van der Waals surface area contributed by atoms with Gasteiger partial charge in [0.15, 0.2) is 5.78 Å². The number of Topliss-reactive ketones (excluding diaryl/α,β-unsaturated/α-hetero) is 1. The largest absolute Gasteiger partial charge is 0.354 e. The SMILES string of the molecule is CC(=O)c1ccc(Nc2ccc(NC(=O)Cc3cccs3)nc2)cc1. The van der Waals surface area contributed by atoms with E-state index in [9.17, 15) is 9.59 Å². The zero-order chi connectivity index (χ0) is 17.6. The number of thiophene rings is 1. The zero-order valence-electron chi connectivity index (χ0n) is 13.7. The maximum Gasteiger partial charge on any atom is 0.230 e. The van der Waals surface area contributed by atoms with Crippen LogP contribution in [0.25, 0.3) is 0 Å². The highest BCUT2D eigenvalue weighted by Gasteiger charge is 2.06. The molecule has 0 atom stereocenters. The van der Waals surface area contributed by atoms with Crippen molar-refractivity contribution >= 4 is 40.2 Å². The predicted octanol–water partition coefficient (Wildman–Crippen LogP) is 4.27. The molecule has 3 rings (SSSR count). The Bertz CT molecular complexity index is 857. The smallest absolute Gasteiger partial charge is 0.230 e. The molecule has 25 heavy (non-hydrogen) atoms. The molecule has 0 aliphatic heterocycles. The number of aromatic nitrogens is 1.